The number of carbonyl (C=O) groups is 2. The molecule has 0 amide bonds. The van der Waals surface area contributed by atoms with E-state index in [1.165, 1.54) is 12.1 Å². The summed E-state index contributed by atoms with van der Waals surface area (Å²) in [4.78, 5) is 23.5. The summed E-state index contributed by atoms with van der Waals surface area (Å²) in [6.45, 7) is -1.60. The predicted octanol–water partition coefficient (Wildman–Crippen LogP) is -0.0546. The van der Waals surface area contributed by atoms with E-state index in [1.807, 2.05) is 0 Å². The van der Waals surface area contributed by atoms with E-state index in [9.17, 15) is 19.8 Å². The number of hydrogen-bond donors (Lipinski definition) is 4. The van der Waals surface area contributed by atoms with E-state index in [2.05, 4.69) is 9.47 Å². The van der Waals surface area contributed by atoms with Gasteiger partial charge < -0.3 is 58.3 Å². The first-order valence-corrected chi connectivity index (χ1v) is 9.97. The van der Waals surface area contributed by atoms with Gasteiger partial charge in [-0.05, 0) is 36.1 Å². The fourth-order valence-corrected chi connectivity index (χ4v) is 2.57. The second-order valence-corrected chi connectivity index (χ2v) is 6.29. The third kappa shape index (κ3) is 12.9. The number of carboxylic acid groups (broad SMARTS) is 2. The topological polar surface area (TPSA) is 189 Å². The van der Waals surface area contributed by atoms with E-state index in [-0.39, 0.29) is 83.5 Å². The zero-order valence-corrected chi connectivity index (χ0v) is 18.5. The summed E-state index contributed by atoms with van der Waals surface area (Å²) < 4.78 is 39.3. The Morgan fingerprint density at radius 1 is 0.588 bits per heavy atom. The highest BCUT2D eigenvalue weighted by molar-refractivity contribution is 5.97. The van der Waals surface area contributed by atoms with Crippen LogP contribution in [-0.2, 0) is 50.7 Å². The van der Waals surface area contributed by atoms with Crippen molar-refractivity contribution in [3.8, 4) is 0 Å². The van der Waals surface area contributed by atoms with Crippen LogP contribution in [0.1, 0.15) is 31.8 Å². The van der Waals surface area contributed by atoms with Gasteiger partial charge in [-0.1, -0.05) is 0 Å². The van der Waals surface area contributed by atoms with E-state index >= 15 is 0 Å². The number of aliphatic hydroxyl groups excluding tert-OH is 2. The second-order valence-electron chi connectivity index (χ2n) is 6.29. The highest BCUT2D eigenvalue weighted by atomic mass is 16.8. The average molecular weight is 494 g/mol. The molecule has 4 N–H and O–H groups in total. The van der Waals surface area contributed by atoms with Crippen molar-refractivity contribution in [2.75, 3.05) is 67.6 Å². The number of aliphatic hydroxyl groups is 2. The maximum atomic E-state index is 11.7. The van der Waals surface area contributed by atoms with Gasteiger partial charge >= 0.3 is 11.9 Å². The molecule has 14 heteroatoms. The Labute approximate surface area is 195 Å². The molecule has 0 radical (unpaired) electrons. The van der Waals surface area contributed by atoms with Gasteiger partial charge in [-0.2, -0.15) is 0 Å². The molecule has 0 aliphatic rings. The Morgan fingerprint density at radius 3 is 1.38 bits per heavy atom. The van der Waals surface area contributed by atoms with Crippen LogP contribution in [0.4, 0.5) is 0 Å². The van der Waals surface area contributed by atoms with Gasteiger partial charge in [-0.3, -0.25) is 0 Å². The molecule has 0 fully saturated rings. The maximum absolute atomic E-state index is 11.7. The third-order valence-electron chi connectivity index (χ3n) is 3.98. The quantitative estimate of drug-likeness (QED) is 0.124. The monoisotopic (exact) mass is 494 g/mol. The van der Waals surface area contributed by atoms with Gasteiger partial charge in [0.1, 0.15) is 27.2 Å². The van der Waals surface area contributed by atoms with Gasteiger partial charge in [0.25, 0.3) is 0 Å². The van der Waals surface area contributed by atoms with Gasteiger partial charge in [0.2, 0.25) is 0 Å². The predicted molar refractivity (Wildman–Crippen MR) is 110 cm³/mol. The van der Waals surface area contributed by atoms with Gasteiger partial charge in [-0.25, -0.2) is 9.59 Å². The standard InChI is InChI=1S/C20H30O14/c21-7-29-11-33-13-31-9-27-3-1-15-5-17(19(23)24)16(18(6-15)20(25)26)2-4-28-10-32-14-34-12-30-8-22/h5-6,21-22H,1-4,7-14H2,(H,23,24)(H,25,26). The summed E-state index contributed by atoms with van der Waals surface area (Å²) in [5.74, 6) is -2.53. The molecule has 0 unspecified atom stereocenters. The first-order valence-electron chi connectivity index (χ1n) is 9.97. The molecule has 0 aromatic heterocycles. The van der Waals surface area contributed by atoms with Crippen LogP contribution in [-0.4, -0.2) is 99.9 Å². The lowest BCUT2D eigenvalue weighted by Gasteiger charge is -2.14. The molecule has 1 aromatic carbocycles. The van der Waals surface area contributed by atoms with Crippen LogP contribution >= 0.6 is 0 Å². The summed E-state index contributed by atoms with van der Waals surface area (Å²) in [5.41, 5.74) is 0.315. The van der Waals surface area contributed by atoms with Gasteiger partial charge in [0.05, 0.1) is 24.3 Å². The van der Waals surface area contributed by atoms with E-state index in [4.69, 9.17) is 38.6 Å². The van der Waals surface area contributed by atoms with Crippen molar-refractivity contribution in [2.45, 2.75) is 12.8 Å². The summed E-state index contributed by atoms with van der Waals surface area (Å²) in [7, 11) is 0. The van der Waals surface area contributed by atoms with Crippen LogP contribution in [0.15, 0.2) is 12.1 Å². The number of hydrogen-bond acceptors (Lipinski definition) is 12. The molecule has 0 heterocycles. The zero-order chi connectivity index (χ0) is 25.0. The Bertz CT molecular complexity index is 676. The molecule has 194 valence electrons. The van der Waals surface area contributed by atoms with Crippen molar-refractivity contribution in [1.82, 2.24) is 0 Å². The first-order chi connectivity index (χ1) is 16.5. The first kappa shape index (κ1) is 29.8. The van der Waals surface area contributed by atoms with Crippen LogP contribution in [0.5, 0.6) is 0 Å². The Morgan fingerprint density at radius 2 is 0.971 bits per heavy atom. The van der Waals surface area contributed by atoms with Crippen LogP contribution in [0.2, 0.25) is 0 Å². The minimum absolute atomic E-state index is 0.0128. The molecule has 0 atom stereocenters. The number of aromatic carboxylic acids is 2. The summed E-state index contributed by atoms with van der Waals surface area (Å²) >= 11 is 0. The summed E-state index contributed by atoms with van der Waals surface area (Å²) in [5, 5.41) is 36.0. The third-order valence-corrected chi connectivity index (χ3v) is 3.98. The molecule has 0 saturated carbocycles. The Kier molecular flexibility index (Phi) is 16.7. The molecule has 0 saturated heterocycles. The summed E-state index contributed by atoms with van der Waals surface area (Å²) in [6, 6.07) is 2.80. The van der Waals surface area contributed by atoms with E-state index in [1.54, 1.807) is 0 Å². The minimum atomic E-state index is -1.26. The fourth-order valence-electron chi connectivity index (χ4n) is 2.57. The van der Waals surface area contributed by atoms with Crippen molar-refractivity contribution in [2.24, 2.45) is 0 Å². The van der Waals surface area contributed by atoms with E-state index < -0.39 is 25.5 Å². The summed E-state index contributed by atoms with van der Waals surface area (Å²) in [6.07, 6.45) is 0.286. The Balaban J connectivity index is 2.53. The van der Waals surface area contributed by atoms with Gasteiger partial charge in [0.15, 0.2) is 27.2 Å². The van der Waals surface area contributed by atoms with Crippen LogP contribution < -0.4 is 0 Å². The normalized spacial score (nSPS) is 11.1. The van der Waals surface area contributed by atoms with Gasteiger partial charge in [0, 0.05) is 0 Å². The number of benzene rings is 1. The molecular formula is C20H30O14. The van der Waals surface area contributed by atoms with E-state index in [0.717, 1.165) is 0 Å². The smallest absolute Gasteiger partial charge is 0.335 e. The van der Waals surface area contributed by atoms with Crippen LogP contribution in [0.25, 0.3) is 0 Å². The number of carboxylic acids is 2. The van der Waals surface area contributed by atoms with Crippen molar-refractivity contribution >= 4 is 11.9 Å². The maximum Gasteiger partial charge on any atom is 0.335 e. The molecular weight excluding hydrogens is 464 g/mol. The molecule has 14 nitrogen and oxygen atoms in total. The molecule has 0 bridgehead atoms. The molecule has 0 aliphatic heterocycles. The van der Waals surface area contributed by atoms with Crippen molar-refractivity contribution in [1.29, 1.82) is 0 Å². The van der Waals surface area contributed by atoms with Crippen molar-refractivity contribution < 1.29 is 67.9 Å². The lowest BCUT2D eigenvalue weighted by atomic mass is 9.94. The number of ether oxygens (including phenoxy) is 8. The highest BCUT2D eigenvalue weighted by Gasteiger charge is 2.20. The number of rotatable bonds is 22. The lowest BCUT2D eigenvalue weighted by molar-refractivity contribution is -0.184. The molecule has 34 heavy (non-hydrogen) atoms. The molecule has 0 spiro atoms. The molecule has 1 rings (SSSR count). The minimum Gasteiger partial charge on any atom is -0.478 e. The average Bonchev–Trinajstić information content (AvgIpc) is 2.81. The van der Waals surface area contributed by atoms with Gasteiger partial charge in [-0.15, -0.1) is 0 Å². The van der Waals surface area contributed by atoms with Crippen molar-refractivity contribution in [3.63, 3.8) is 0 Å². The van der Waals surface area contributed by atoms with Crippen molar-refractivity contribution in [3.05, 3.63) is 34.4 Å². The van der Waals surface area contributed by atoms with Crippen LogP contribution in [0, 0.1) is 0 Å². The largest absolute Gasteiger partial charge is 0.478 e. The lowest BCUT2D eigenvalue weighted by Crippen LogP contribution is -2.15. The molecule has 0 aliphatic carbocycles. The SMILES string of the molecule is O=C(O)c1cc(CCOCOCOCOCO)cc(C(=O)O)c1CCOCOCOCOCO. The highest BCUT2D eigenvalue weighted by Crippen LogP contribution is 2.20. The van der Waals surface area contributed by atoms with Crippen LogP contribution in [0.3, 0.4) is 0 Å². The zero-order valence-electron chi connectivity index (χ0n) is 18.5. The molecule has 1 aromatic rings. The Hall–Kier alpha value is -2.24. The fraction of sp³-hybridized carbons (Fsp3) is 0.600. The van der Waals surface area contributed by atoms with E-state index in [0.29, 0.717) is 5.56 Å². The second kappa shape index (κ2) is 19.1.